The number of hydrogen-bond acceptors (Lipinski definition) is 1. The van der Waals surface area contributed by atoms with Crippen LogP contribution in [-0.2, 0) is 0 Å². The van der Waals surface area contributed by atoms with E-state index in [2.05, 4.69) is 12.2 Å². The highest BCUT2D eigenvalue weighted by molar-refractivity contribution is 5.24. The molecule has 1 nitrogen and oxygen atoms in total. The van der Waals surface area contributed by atoms with Gasteiger partial charge in [-0.05, 0) is 61.1 Å². The van der Waals surface area contributed by atoms with E-state index in [1.54, 1.807) is 0 Å². The van der Waals surface area contributed by atoms with Crippen molar-refractivity contribution < 1.29 is 8.78 Å². The van der Waals surface area contributed by atoms with Crippen LogP contribution in [0.25, 0.3) is 0 Å². The van der Waals surface area contributed by atoms with Crippen LogP contribution in [0, 0.1) is 17.6 Å². The number of benzene rings is 2. The van der Waals surface area contributed by atoms with E-state index in [9.17, 15) is 8.78 Å². The van der Waals surface area contributed by atoms with Gasteiger partial charge in [0, 0.05) is 12.1 Å². The van der Waals surface area contributed by atoms with Crippen molar-refractivity contribution in [1.82, 2.24) is 5.32 Å². The van der Waals surface area contributed by atoms with Crippen LogP contribution in [0.3, 0.4) is 0 Å². The Morgan fingerprint density at radius 2 is 1.33 bits per heavy atom. The van der Waals surface area contributed by atoms with Gasteiger partial charge >= 0.3 is 0 Å². The summed E-state index contributed by atoms with van der Waals surface area (Å²) in [6, 6.07) is 13.7. The van der Waals surface area contributed by atoms with Crippen molar-refractivity contribution in [3.8, 4) is 0 Å². The van der Waals surface area contributed by atoms with Gasteiger partial charge in [-0.25, -0.2) is 8.78 Å². The predicted octanol–water partition coefficient (Wildman–Crippen LogP) is 4.77. The zero-order valence-corrected chi connectivity index (χ0v) is 12.0. The summed E-state index contributed by atoms with van der Waals surface area (Å²) >= 11 is 0. The fourth-order valence-electron chi connectivity index (χ4n) is 2.72. The van der Waals surface area contributed by atoms with Crippen LogP contribution in [0.1, 0.15) is 43.0 Å². The molecule has 0 aliphatic heterocycles. The lowest BCUT2D eigenvalue weighted by molar-refractivity contribution is 0.426. The fourth-order valence-corrected chi connectivity index (χ4v) is 2.72. The topological polar surface area (TPSA) is 12.0 Å². The highest BCUT2D eigenvalue weighted by Crippen LogP contribution is 2.42. The molecule has 1 unspecified atom stereocenters. The van der Waals surface area contributed by atoms with Crippen LogP contribution in [0.2, 0.25) is 0 Å². The number of rotatable bonds is 5. The third-order valence-corrected chi connectivity index (χ3v) is 4.12. The summed E-state index contributed by atoms with van der Waals surface area (Å²) < 4.78 is 26.1. The third-order valence-electron chi connectivity index (χ3n) is 4.12. The van der Waals surface area contributed by atoms with Crippen LogP contribution in [0.4, 0.5) is 8.78 Å². The lowest BCUT2D eigenvalue weighted by Crippen LogP contribution is -2.26. The second kappa shape index (κ2) is 5.94. The molecule has 3 rings (SSSR count). The molecule has 1 fully saturated rings. The van der Waals surface area contributed by atoms with E-state index in [4.69, 9.17) is 0 Å². The van der Waals surface area contributed by atoms with Crippen molar-refractivity contribution >= 4 is 0 Å². The summed E-state index contributed by atoms with van der Waals surface area (Å²) in [5.74, 6) is 0.182. The summed E-state index contributed by atoms with van der Waals surface area (Å²) in [6.45, 7) is 2.08. The summed E-state index contributed by atoms with van der Waals surface area (Å²) in [4.78, 5) is 0. The number of nitrogens with one attached hydrogen (secondary N) is 1. The number of hydrogen-bond donors (Lipinski definition) is 1. The van der Waals surface area contributed by atoms with Crippen LogP contribution in [-0.4, -0.2) is 0 Å². The molecule has 2 aromatic carbocycles. The summed E-state index contributed by atoms with van der Waals surface area (Å²) in [7, 11) is 0. The lowest BCUT2D eigenvalue weighted by atomic mass is 9.99. The standard InChI is InChI=1S/C18H19F2N/c1-12(13-4-8-16(19)9-5-13)21-18(14-2-3-14)15-6-10-17(20)11-7-15/h4-12,14,18,21H,2-3H2,1H3/t12-,18?/m0/s1. The Morgan fingerprint density at radius 1 is 0.857 bits per heavy atom. The van der Waals surface area contributed by atoms with Crippen molar-refractivity contribution in [2.75, 3.05) is 0 Å². The molecule has 2 atom stereocenters. The maximum absolute atomic E-state index is 13.1. The van der Waals surface area contributed by atoms with Gasteiger partial charge < -0.3 is 5.32 Å². The molecule has 0 amide bonds. The van der Waals surface area contributed by atoms with Gasteiger partial charge in [-0.2, -0.15) is 0 Å². The minimum Gasteiger partial charge on any atom is -0.303 e. The maximum atomic E-state index is 13.1. The first kappa shape index (κ1) is 14.2. The normalized spacial score (nSPS) is 17.5. The second-order valence-electron chi connectivity index (χ2n) is 5.81. The van der Waals surface area contributed by atoms with E-state index in [1.807, 2.05) is 24.3 Å². The molecule has 0 saturated heterocycles. The Morgan fingerprint density at radius 3 is 1.81 bits per heavy atom. The van der Waals surface area contributed by atoms with Crippen LogP contribution < -0.4 is 5.32 Å². The second-order valence-corrected chi connectivity index (χ2v) is 5.81. The van der Waals surface area contributed by atoms with Gasteiger partial charge in [0.05, 0.1) is 0 Å². The molecule has 0 radical (unpaired) electrons. The van der Waals surface area contributed by atoms with Crippen molar-refractivity contribution in [2.24, 2.45) is 5.92 Å². The van der Waals surface area contributed by atoms with Crippen LogP contribution >= 0.6 is 0 Å². The molecular formula is C18H19F2N. The fraction of sp³-hybridized carbons (Fsp3) is 0.333. The molecule has 1 saturated carbocycles. The molecule has 1 N–H and O–H groups in total. The van der Waals surface area contributed by atoms with E-state index >= 15 is 0 Å². The monoisotopic (exact) mass is 287 g/mol. The smallest absolute Gasteiger partial charge is 0.123 e. The zero-order valence-electron chi connectivity index (χ0n) is 12.0. The van der Waals surface area contributed by atoms with E-state index in [0.717, 1.165) is 11.1 Å². The van der Waals surface area contributed by atoms with Crippen LogP contribution in [0.5, 0.6) is 0 Å². The van der Waals surface area contributed by atoms with Gasteiger partial charge in [0.1, 0.15) is 11.6 Å². The highest BCUT2D eigenvalue weighted by atomic mass is 19.1. The maximum Gasteiger partial charge on any atom is 0.123 e. The molecule has 0 aromatic heterocycles. The Bertz CT molecular complexity index is 588. The molecule has 0 spiro atoms. The lowest BCUT2D eigenvalue weighted by Gasteiger charge is -2.24. The Kier molecular flexibility index (Phi) is 4.02. The quantitative estimate of drug-likeness (QED) is 0.835. The first-order valence-corrected chi connectivity index (χ1v) is 7.40. The molecule has 1 aliphatic rings. The molecule has 2 aromatic rings. The van der Waals surface area contributed by atoms with Gasteiger partial charge in [0.2, 0.25) is 0 Å². The summed E-state index contributed by atoms with van der Waals surface area (Å²) in [5.41, 5.74) is 2.18. The van der Waals surface area contributed by atoms with Crippen molar-refractivity contribution in [1.29, 1.82) is 0 Å². The van der Waals surface area contributed by atoms with Crippen molar-refractivity contribution in [3.63, 3.8) is 0 Å². The van der Waals surface area contributed by atoms with E-state index in [0.29, 0.717) is 5.92 Å². The van der Waals surface area contributed by atoms with Gasteiger partial charge in [-0.1, -0.05) is 24.3 Å². The van der Waals surface area contributed by atoms with E-state index in [1.165, 1.54) is 37.1 Å². The summed E-state index contributed by atoms with van der Waals surface area (Å²) in [6.07, 6.45) is 2.40. The molecule has 3 heteroatoms. The van der Waals surface area contributed by atoms with Crippen molar-refractivity contribution in [3.05, 3.63) is 71.3 Å². The average molecular weight is 287 g/mol. The van der Waals surface area contributed by atoms with Gasteiger partial charge in [0.25, 0.3) is 0 Å². The minimum absolute atomic E-state index is 0.126. The zero-order chi connectivity index (χ0) is 14.8. The Balaban J connectivity index is 1.76. The molecule has 0 heterocycles. The highest BCUT2D eigenvalue weighted by Gasteiger charge is 2.33. The molecule has 1 aliphatic carbocycles. The first-order valence-electron chi connectivity index (χ1n) is 7.40. The first-order chi connectivity index (χ1) is 10.1. The largest absolute Gasteiger partial charge is 0.303 e. The minimum atomic E-state index is -0.219. The SMILES string of the molecule is C[C@H](NC(c1ccc(F)cc1)C1CC1)c1ccc(F)cc1. The molecule has 110 valence electrons. The predicted molar refractivity (Wildman–Crippen MR) is 79.8 cm³/mol. The van der Waals surface area contributed by atoms with E-state index < -0.39 is 0 Å². The Labute approximate surface area is 124 Å². The number of halogens is 2. The van der Waals surface area contributed by atoms with Gasteiger partial charge in [-0.3, -0.25) is 0 Å². The van der Waals surface area contributed by atoms with Crippen LogP contribution in [0.15, 0.2) is 48.5 Å². The molecule has 0 bridgehead atoms. The van der Waals surface area contributed by atoms with Crippen molar-refractivity contribution in [2.45, 2.75) is 31.8 Å². The summed E-state index contributed by atoms with van der Waals surface area (Å²) in [5, 5.41) is 3.61. The Hall–Kier alpha value is -1.74. The van der Waals surface area contributed by atoms with Gasteiger partial charge in [0.15, 0.2) is 0 Å². The van der Waals surface area contributed by atoms with E-state index in [-0.39, 0.29) is 23.7 Å². The molecule has 21 heavy (non-hydrogen) atoms. The average Bonchev–Trinajstić information content (AvgIpc) is 3.31. The van der Waals surface area contributed by atoms with Gasteiger partial charge in [-0.15, -0.1) is 0 Å². The molecular weight excluding hydrogens is 268 g/mol. The third kappa shape index (κ3) is 3.48.